The van der Waals surface area contributed by atoms with E-state index in [0.717, 1.165) is 16.6 Å². The lowest BCUT2D eigenvalue weighted by Gasteiger charge is -2.32. The summed E-state index contributed by atoms with van der Waals surface area (Å²) < 4.78 is 28.8. The van der Waals surface area contributed by atoms with Crippen molar-refractivity contribution in [3.8, 4) is 0 Å². The molecule has 2 aromatic carbocycles. The first kappa shape index (κ1) is 21.3. The van der Waals surface area contributed by atoms with Gasteiger partial charge in [-0.2, -0.15) is 0 Å². The van der Waals surface area contributed by atoms with Gasteiger partial charge in [0, 0.05) is 24.7 Å². The van der Waals surface area contributed by atoms with Crippen LogP contribution < -0.4 is 10.4 Å². The third-order valence-electron chi connectivity index (χ3n) is 6.17. The Hall–Kier alpha value is -2.91. The number of hydrogen-bond acceptors (Lipinski definition) is 4. The average molecular weight is 443 g/mol. The predicted octanol–water partition coefficient (Wildman–Crippen LogP) is 2.33. The van der Waals surface area contributed by atoms with Gasteiger partial charge in [0.15, 0.2) is 0 Å². The average Bonchev–Trinajstić information content (AvgIpc) is 3.10. The lowest BCUT2D eigenvalue weighted by Crippen LogP contribution is -2.40. The number of carbonyl (C=O) groups is 1. The molecule has 0 radical (unpaired) electrons. The molecule has 1 fully saturated rings. The number of benzene rings is 2. The number of aryl methyl sites for hydroxylation is 1. The Balaban J connectivity index is 1.56. The maximum atomic E-state index is 13.1. The van der Waals surface area contributed by atoms with E-state index >= 15 is 0 Å². The number of nitrogens with zero attached hydrogens (tertiary/aromatic N) is 2. The van der Waals surface area contributed by atoms with Crippen LogP contribution in [0.25, 0.3) is 11.0 Å². The van der Waals surface area contributed by atoms with E-state index in [1.54, 1.807) is 29.4 Å². The van der Waals surface area contributed by atoms with E-state index in [1.807, 2.05) is 24.3 Å². The number of rotatable bonds is 4. The van der Waals surface area contributed by atoms with Crippen molar-refractivity contribution in [3.63, 3.8) is 0 Å². The first-order valence-electron chi connectivity index (χ1n) is 10.3. The highest BCUT2D eigenvalue weighted by molar-refractivity contribution is 7.89. The Kier molecular flexibility index (Phi) is 5.49. The molecular weight excluding hydrogens is 416 g/mol. The molecule has 2 N–H and O–H groups in total. The van der Waals surface area contributed by atoms with E-state index in [0.29, 0.717) is 37.1 Å². The minimum atomic E-state index is -3.66. The Bertz CT molecular complexity index is 1320. The Morgan fingerprint density at radius 3 is 2.48 bits per heavy atom. The standard InChI is InChI=1S/C22H26N4O4S/c1-14-12-16(13-20(15(14)2)31(29,30)23-3)21(27)25-10-8-17(9-11-25)26-19-7-5-4-6-18(19)24-22(26)28/h4-7,12-13,17,23H,8-11H2,1-3H3,(H,24,28). The number of hydrogen-bond donors (Lipinski definition) is 2. The highest BCUT2D eigenvalue weighted by Gasteiger charge is 2.28. The van der Waals surface area contributed by atoms with Crippen LogP contribution in [0.2, 0.25) is 0 Å². The number of aromatic amines is 1. The molecule has 0 aliphatic carbocycles. The van der Waals surface area contributed by atoms with Crippen LogP contribution in [0.1, 0.15) is 40.4 Å². The van der Waals surface area contributed by atoms with E-state index < -0.39 is 10.0 Å². The normalized spacial score (nSPS) is 15.5. The zero-order valence-electron chi connectivity index (χ0n) is 17.8. The summed E-state index contributed by atoms with van der Waals surface area (Å²) in [6, 6.07) is 10.8. The minimum absolute atomic E-state index is 0.00711. The fourth-order valence-corrected chi connectivity index (χ4v) is 5.35. The van der Waals surface area contributed by atoms with Gasteiger partial charge in [0.05, 0.1) is 15.9 Å². The van der Waals surface area contributed by atoms with Gasteiger partial charge in [0.1, 0.15) is 0 Å². The molecule has 1 aromatic heterocycles. The van der Waals surface area contributed by atoms with Crippen LogP contribution in [-0.4, -0.2) is 48.9 Å². The number of amides is 1. The van der Waals surface area contributed by atoms with Gasteiger partial charge in [-0.3, -0.25) is 9.36 Å². The van der Waals surface area contributed by atoms with Crippen molar-refractivity contribution >= 4 is 27.0 Å². The fourth-order valence-electron chi connectivity index (χ4n) is 4.29. The van der Waals surface area contributed by atoms with E-state index in [1.165, 1.54) is 13.1 Å². The van der Waals surface area contributed by atoms with Crippen molar-refractivity contribution in [2.45, 2.75) is 37.6 Å². The van der Waals surface area contributed by atoms with Crippen LogP contribution in [0, 0.1) is 13.8 Å². The number of para-hydroxylation sites is 2. The highest BCUT2D eigenvalue weighted by atomic mass is 32.2. The van der Waals surface area contributed by atoms with Gasteiger partial charge < -0.3 is 9.88 Å². The van der Waals surface area contributed by atoms with E-state index in [4.69, 9.17) is 0 Å². The van der Waals surface area contributed by atoms with Crippen LogP contribution in [0.15, 0.2) is 46.1 Å². The third kappa shape index (κ3) is 3.79. The number of aromatic nitrogens is 2. The van der Waals surface area contributed by atoms with Crippen LogP contribution in [0.3, 0.4) is 0 Å². The minimum Gasteiger partial charge on any atom is -0.338 e. The second-order valence-corrected chi connectivity index (χ2v) is 9.82. The molecule has 0 bridgehead atoms. The molecule has 0 spiro atoms. The first-order valence-corrected chi connectivity index (χ1v) is 11.7. The fraction of sp³-hybridized carbons (Fsp3) is 0.364. The third-order valence-corrected chi connectivity index (χ3v) is 7.71. The molecule has 2 heterocycles. The quantitative estimate of drug-likeness (QED) is 0.647. The van der Waals surface area contributed by atoms with Crippen LogP contribution in [0.5, 0.6) is 0 Å². The summed E-state index contributed by atoms with van der Waals surface area (Å²) >= 11 is 0. The first-order chi connectivity index (χ1) is 14.7. The number of imidazole rings is 1. The molecule has 4 rings (SSSR count). The Morgan fingerprint density at radius 2 is 1.81 bits per heavy atom. The summed E-state index contributed by atoms with van der Waals surface area (Å²) in [5.41, 5.74) is 3.28. The topological polar surface area (TPSA) is 104 Å². The molecule has 164 valence electrons. The highest BCUT2D eigenvalue weighted by Crippen LogP contribution is 2.27. The van der Waals surface area contributed by atoms with Crippen molar-refractivity contribution in [1.82, 2.24) is 19.2 Å². The number of sulfonamides is 1. The lowest BCUT2D eigenvalue weighted by atomic mass is 10.0. The zero-order chi connectivity index (χ0) is 22.3. The van der Waals surface area contributed by atoms with Crippen molar-refractivity contribution in [2.75, 3.05) is 20.1 Å². The maximum Gasteiger partial charge on any atom is 0.326 e. The second-order valence-electron chi connectivity index (χ2n) is 7.96. The van der Waals surface area contributed by atoms with Gasteiger partial charge in [-0.15, -0.1) is 0 Å². The summed E-state index contributed by atoms with van der Waals surface area (Å²) in [7, 11) is -2.31. The van der Waals surface area contributed by atoms with Gasteiger partial charge in [0.25, 0.3) is 5.91 Å². The van der Waals surface area contributed by atoms with E-state index in [9.17, 15) is 18.0 Å². The molecule has 0 saturated carbocycles. The monoisotopic (exact) mass is 442 g/mol. The summed E-state index contributed by atoms with van der Waals surface area (Å²) in [5.74, 6) is -0.194. The number of piperidine rings is 1. The number of fused-ring (bicyclic) bond motifs is 1. The molecule has 0 atom stereocenters. The van der Waals surface area contributed by atoms with Crippen molar-refractivity contribution in [3.05, 3.63) is 63.6 Å². The van der Waals surface area contributed by atoms with Crippen LogP contribution in [0.4, 0.5) is 0 Å². The molecular formula is C22H26N4O4S. The molecule has 9 heteroatoms. The van der Waals surface area contributed by atoms with Gasteiger partial charge in [-0.25, -0.2) is 17.9 Å². The predicted molar refractivity (Wildman–Crippen MR) is 119 cm³/mol. The molecule has 1 aliphatic rings. The van der Waals surface area contributed by atoms with Crippen molar-refractivity contribution in [2.24, 2.45) is 0 Å². The zero-order valence-corrected chi connectivity index (χ0v) is 18.6. The second kappa shape index (κ2) is 7.97. The molecule has 1 aliphatic heterocycles. The number of likely N-dealkylation sites (tertiary alicyclic amines) is 1. The van der Waals surface area contributed by atoms with Gasteiger partial charge in [-0.1, -0.05) is 12.1 Å². The largest absolute Gasteiger partial charge is 0.338 e. The summed E-state index contributed by atoms with van der Waals surface area (Å²) in [6.07, 6.45) is 1.31. The number of nitrogens with one attached hydrogen (secondary N) is 2. The molecule has 31 heavy (non-hydrogen) atoms. The molecule has 1 saturated heterocycles. The molecule has 3 aromatic rings. The summed E-state index contributed by atoms with van der Waals surface area (Å²) in [5, 5.41) is 0. The Labute approximate surface area is 180 Å². The smallest absolute Gasteiger partial charge is 0.326 e. The molecule has 0 unspecified atom stereocenters. The van der Waals surface area contributed by atoms with Crippen LogP contribution in [-0.2, 0) is 10.0 Å². The van der Waals surface area contributed by atoms with Crippen molar-refractivity contribution in [1.29, 1.82) is 0 Å². The van der Waals surface area contributed by atoms with E-state index in [-0.39, 0.29) is 22.5 Å². The number of carbonyl (C=O) groups excluding carboxylic acids is 1. The maximum absolute atomic E-state index is 13.1. The van der Waals surface area contributed by atoms with Crippen molar-refractivity contribution < 1.29 is 13.2 Å². The summed E-state index contributed by atoms with van der Waals surface area (Å²) in [6.45, 7) is 4.53. The molecule has 8 nitrogen and oxygen atoms in total. The van der Waals surface area contributed by atoms with Gasteiger partial charge in [-0.05, 0) is 69.1 Å². The lowest BCUT2D eigenvalue weighted by molar-refractivity contribution is 0.0694. The SMILES string of the molecule is CNS(=O)(=O)c1cc(C(=O)N2CCC(n3c(=O)[nH]c4ccccc43)CC2)cc(C)c1C. The van der Waals surface area contributed by atoms with Crippen LogP contribution >= 0.6 is 0 Å². The molecule has 1 amide bonds. The van der Waals surface area contributed by atoms with Gasteiger partial charge >= 0.3 is 5.69 Å². The van der Waals surface area contributed by atoms with Gasteiger partial charge in [0.2, 0.25) is 10.0 Å². The van der Waals surface area contributed by atoms with E-state index in [2.05, 4.69) is 9.71 Å². The Morgan fingerprint density at radius 1 is 1.13 bits per heavy atom. The summed E-state index contributed by atoms with van der Waals surface area (Å²) in [4.78, 5) is 30.3. The number of H-pyrrole nitrogens is 1.